The van der Waals surface area contributed by atoms with Gasteiger partial charge in [-0.2, -0.15) is 11.8 Å². The Morgan fingerprint density at radius 3 is 2.53 bits per heavy atom. The van der Waals surface area contributed by atoms with Crippen LogP contribution in [-0.4, -0.2) is 48.1 Å². The van der Waals surface area contributed by atoms with E-state index in [0.29, 0.717) is 0 Å². The highest BCUT2D eigenvalue weighted by atomic mass is 32.2. The molecule has 0 atom stereocenters. The van der Waals surface area contributed by atoms with Crippen LogP contribution in [0.3, 0.4) is 0 Å². The lowest BCUT2D eigenvalue weighted by atomic mass is 10.2. The molecule has 0 radical (unpaired) electrons. The Morgan fingerprint density at radius 1 is 1.20 bits per heavy atom. The highest BCUT2D eigenvalue weighted by molar-refractivity contribution is 7.99. The molecule has 0 aromatic rings. The van der Waals surface area contributed by atoms with Gasteiger partial charge in [0, 0.05) is 23.6 Å². The van der Waals surface area contributed by atoms with Gasteiger partial charge < -0.3 is 5.32 Å². The van der Waals surface area contributed by atoms with Gasteiger partial charge in [-0.05, 0) is 45.3 Å². The number of piperidine rings is 1. The largest absolute Gasteiger partial charge is 0.317 e. The molecule has 2 rings (SSSR count). The number of hydrogen-bond donors (Lipinski definition) is 1. The summed E-state index contributed by atoms with van der Waals surface area (Å²) in [5.74, 6) is 1.34. The van der Waals surface area contributed by atoms with Crippen LogP contribution in [0.25, 0.3) is 0 Å². The zero-order valence-electron chi connectivity index (χ0n) is 9.87. The fraction of sp³-hybridized carbons (Fsp3) is 1.00. The Hall–Kier alpha value is 0.270. The zero-order chi connectivity index (χ0) is 10.5. The number of rotatable bonds is 6. The van der Waals surface area contributed by atoms with Gasteiger partial charge in [-0.25, -0.2) is 0 Å². The lowest BCUT2D eigenvalue weighted by Gasteiger charge is -2.24. The summed E-state index contributed by atoms with van der Waals surface area (Å²) in [5, 5.41) is 4.36. The van der Waals surface area contributed by atoms with Crippen LogP contribution >= 0.6 is 11.8 Å². The third-order valence-electron chi connectivity index (χ3n) is 3.49. The van der Waals surface area contributed by atoms with Gasteiger partial charge in [0.05, 0.1) is 0 Å². The summed E-state index contributed by atoms with van der Waals surface area (Å²) in [7, 11) is 0. The predicted molar refractivity (Wildman–Crippen MR) is 68.6 cm³/mol. The van der Waals surface area contributed by atoms with Crippen molar-refractivity contribution < 1.29 is 0 Å². The summed E-state index contributed by atoms with van der Waals surface area (Å²) in [6, 6.07) is 0.948. The second-order valence-corrected chi connectivity index (χ2v) is 6.09. The lowest BCUT2D eigenvalue weighted by Crippen LogP contribution is -2.31. The molecule has 1 aliphatic heterocycles. The number of thioether (sulfide) groups is 1. The van der Waals surface area contributed by atoms with E-state index in [4.69, 9.17) is 0 Å². The van der Waals surface area contributed by atoms with Crippen molar-refractivity contribution in [2.24, 2.45) is 0 Å². The molecule has 0 aromatic heterocycles. The van der Waals surface area contributed by atoms with Crippen LogP contribution in [0.2, 0.25) is 0 Å². The van der Waals surface area contributed by atoms with Crippen LogP contribution < -0.4 is 5.32 Å². The molecule has 0 bridgehead atoms. The van der Waals surface area contributed by atoms with Crippen LogP contribution in [0.15, 0.2) is 0 Å². The third kappa shape index (κ3) is 3.97. The van der Waals surface area contributed by atoms with Gasteiger partial charge >= 0.3 is 0 Å². The smallest absolute Gasteiger partial charge is 0.00966 e. The number of nitrogens with one attached hydrogen (secondary N) is 1. The van der Waals surface area contributed by atoms with Crippen molar-refractivity contribution in [1.82, 2.24) is 10.2 Å². The Balaban J connectivity index is 1.56. The van der Waals surface area contributed by atoms with Crippen molar-refractivity contribution in [2.45, 2.75) is 43.9 Å². The molecule has 2 nitrogen and oxygen atoms in total. The maximum atomic E-state index is 3.43. The minimum Gasteiger partial charge on any atom is -0.317 e. The summed E-state index contributed by atoms with van der Waals surface area (Å²) in [6.45, 7) is 7.33. The molecule has 15 heavy (non-hydrogen) atoms. The highest BCUT2D eigenvalue weighted by Gasteiger charge is 2.27. The molecular formula is C12H24N2S. The average Bonchev–Trinajstić information content (AvgIpc) is 3.10. The molecule has 0 unspecified atom stereocenters. The molecule has 0 amide bonds. The summed E-state index contributed by atoms with van der Waals surface area (Å²) < 4.78 is 0. The molecule has 1 saturated heterocycles. The quantitative estimate of drug-likeness (QED) is 0.748. The second kappa shape index (κ2) is 6.12. The van der Waals surface area contributed by atoms with Gasteiger partial charge in [-0.1, -0.05) is 6.92 Å². The highest BCUT2D eigenvalue weighted by Crippen LogP contribution is 2.27. The van der Waals surface area contributed by atoms with Crippen molar-refractivity contribution in [3.8, 4) is 0 Å². The van der Waals surface area contributed by atoms with Gasteiger partial charge in [0.2, 0.25) is 0 Å². The first kappa shape index (κ1) is 11.7. The Bertz CT molecular complexity index is 176. The van der Waals surface area contributed by atoms with Gasteiger partial charge in [0.25, 0.3) is 0 Å². The first-order valence-electron chi connectivity index (χ1n) is 6.46. The van der Waals surface area contributed by atoms with E-state index < -0.39 is 0 Å². The SMILES string of the molecule is CCN(CCSC1CCNCC1)C1CC1. The molecule has 0 spiro atoms. The molecule has 2 fully saturated rings. The summed E-state index contributed by atoms with van der Waals surface area (Å²) in [4.78, 5) is 2.66. The minimum absolute atomic E-state index is 0.934. The Kier molecular flexibility index (Phi) is 4.79. The van der Waals surface area contributed by atoms with Crippen molar-refractivity contribution in [1.29, 1.82) is 0 Å². The molecule has 0 aromatic carbocycles. The molecule has 2 aliphatic rings. The van der Waals surface area contributed by atoms with E-state index in [1.165, 1.54) is 57.6 Å². The molecule has 3 heteroatoms. The van der Waals surface area contributed by atoms with Crippen LogP contribution in [-0.2, 0) is 0 Å². The third-order valence-corrected chi connectivity index (χ3v) is 4.85. The van der Waals surface area contributed by atoms with Gasteiger partial charge in [-0.15, -0.1) is 0 Å². The van der Waals surface area contributed by atoms with Gasteiger partial charge in [-0.3, -0.25) is 4.90 Å². The molecular weight excluding hydrogens is 204 g/mol. The van der Waals surface area contributed by atoms with Gasteiger partial charge in [0.1, 0.15) is 0 Å². The zero-order valence-corrected chi connectivity index (χ0v) is 10.7. The standard InChI is InChI=1S/C12H24N2S/c1-2-14(11-3-4-11)9-10-15-12-5-7-13-8-6-12/h11-13H,2-10H2,1H3. The van der Waals surface area contributed by atoms with E-state index in [1.807, 2.05) is 0 Å². The number of hydrogen-bond acceptors (Lipinski definition) is 3. The molecule has 88 valence electrons. The topological polar surface area (TPSA) is 15.3 Å². The fourth-order valence-electron chi connectivity index (χ4n) is 2.34. The van der Waals surface area contributed by atoms with Crippen LogP contribution in [0.5, 0.6) is 0 Å². The average molecular weight is 228 g/mol. The van der Waals surface area contributed by atoms with E-state index in [9.17, 15) is 0 Å². The normalized spacial score (nSPS) is 23.6. The fourth-order valence-corrected chi connectivity index (χ4v) is 3.58. The van der Waals surface area contributed by atoms with Crippen LogP contribution in [0.1, 0.15) is 32.6 Å². The van der Waals surface area contributed by atoms with Gasteiger partial charge in [0.15, 0.2) is 0 Å². The minimum atomic E-state index is 0.934. The number of nitrogens with zero attached hydrogens (tertiary/aromatic N) is 1. The summed E-state index contributed by atoms with van der Waals surface area (Å²) in [5.41, 5.74) is 0. The molecule has 1 N–H and O–H groups in total. The molecule has 1 aliphatic carbocycles. The van der Waals surface area contributed by atoms with Crippen molar-refractivity contribution >= 4 is 11.8 Å². The maximum Gasteiger partial charge on any atom is 0.00966 e. The summed E-state index contributed by atoms with van der Waals surface area (Å²) >= 11 is 2.20. The van der Waals surface area contributed by atoms with E-state index in [0.717, 1.165) is 11.3 Å². The second-order valence-electron chi connectivity index (χ2n) is 4.68. The maximum absolute atomic E-state index is 3.43. The first-order valence-corrected chi connectivity index (χ1v) is 7.51. The van der Waals surface area contributed by atoms with E-state index >= 15 is 0 Å². The van der Waals surface area contributed by atoms with E-state index in [1.54, 1.807) is 0 Å². The molecule has 1 saturated carbocycles. The monoisotopic (exact) mass is 228 g/mol. The summed E-state index contributed by atoms with van der Waals surface area (Å²) in [6.07, 6.45) is 5.65. The predicted octanol–water partition coefficient (Wildman–Crippen LogP) is 1.96. The van der Waals surface area contributed by atoms with Crippen LogP contribution in [0.4, 0.5) is 0 Å². The molecule has 1 heterocycles. The first-order chi connectivity index (χ1) is 7.40. The Labute approximate surface area is 98.2 Å². The van der Waals surface area contributed by atoms with Crippen LogP contribution in [0, 0.1) is 0 Å². The Morgan fingerprint density at radius 2 is 1.93 bits per heavy atom. The van der Waals surface area contributed by atoms with Crippen molar-refractivity contribution in [3.05, 3.63) is 0 Å². The lowest BCUT2D eigenvalue weighted by molar-refractivity contribution is 0.296. The van der Waals surface area contributed by atoms with Crippen molar-refractivity contribution in [3.63, 3.8) is 0 Å². The van der Waals surface area contributed by atoms with E-state index in [-0.39, 0.29) is 0 Å². The van der Waals surface area contributed by atoms with E-state index in [2.05, 4.69) is 28.9 Å². The van der Waals surface area contributed by atoms with Crippen molar-refractivity contribution in [2.75, 3.05) is 31.9 Å².